The fourth-order valence-electron chi connectivity index (χ4n) is 2.18. The zero-order valence-corrected chi connectivity index (χ0v) is 8.06. The number of nitrogens with two attached hydrogens (primary N) is 1. The minimum Gasteiger partial charge on any atom is -0.324 e. The third-order valence-electron chi connectivity index (χ3n) is 2.96. The van der Waals surface area contributed by atoms with Gasteiger partial charge >= 0.3 is 0 Å². The Morgan fingerprint density at radius 1 is 1.14 bits per heavy atom. The molecule has 0 bridgehead atoms. The van der Waals surface area contributed by atoms with Crippen LogP contribution in [0.4, 0.5) is 8.78 Å². The fraction of sp³-hybridized carbons (Fsp3) is 0.455. The van der Waals surface area contributed by atoms with Crippen LogP contribution in [0.2, 0.25) is 0 Å². The number of benzene rings is 1. The summed E-state index contributed by atoms with van der Waals surface area (Å²) < 4.78 is 26.9. The van der Waals surface area contributed by atoms with Gasteiger partial charge in [0.25, 0.3) is 0 Å². The summed E-state index contributed by atoms with van der Waals surface area (Å²) in [7, 11) is 0. The summed E-state index contributed by atoms with van der Waals surface area (Å²) in [5.41, 5.74) is 6.63. The number of rotatable bonds is 0. The molecule has 0 amide bonds. The summed E-state index contributed by atoms with van der Waals surface area (Å²) in [6, 6.07) is 1.99. The molecule has 3 heteroatoms. The number of hydrogen-bond donors (Lipinski definition) is 1. The smallest absolute Gasteiger partial charge is 0.128 e. The van der Waals surface area contributed by atoms with Crippen LogP contribution in [-0.4, -0.2) is 0 Å². The molecule has 1 aliphatic carbocycles. The summed E-state index contributed by atoms with van der Waals surface area (Å²) in [4.78, 5) is 0. The molecule has 0 aromatic heterocycles. The van der Waals surface area contributed by atoms with Crippen molar-refractivity contribution < 1.29 is 8.78 Å². The van der Waals surface area contributed by atoms with Gasteiger partial charge in [-0.15, -0.1) is 0 Å². The Labute approximate surface area is 81.9 Å². The Morgan fingerprint density at radius 2 is 1.71 bits per heavy atom. The lowest BCUT2D eigenvalue weighted by Crippen LogP contribution is -2.22. The Balaban J connectivity index is 2.65. The van der Waals surface area contributed by atoms with Crippen LogP contribution in [0.25, 0.3) is 0 Å². The zero-order valence-electron chi connectivity index (χ0n) is 8.06. The molecule has 1 unspecified atom stereocenters. The van der Waals surface area contributed by atoms with Crippen LogP contribution < -0.4 is 5.73 Å². The average molecular weight is 197 g/mol. The van der Waals surface area contributed by atoms with Gasteiger partial charge in [-0.3, -0.25) is 0 Å². The van der Waals surface area contributed by atoms with Crippen LogP contribution >= 0.6 is 0 Å². The number of hydrogen-bond acceptors (Lipinski definition) is 1. The first-order valence-corrected chi connectivity index (χ1v) is 4.84. The second-order valence-electron chi connectivity index (χ2n) is 3.94. The molecule has 0 radical (unpaired) electrons. The maximum absolute atomic E-state index is 13.5. The zero-order chi connectivity index (χ0) is 10.3. The van der Waals surface area contributed by atoms with E-state index < -0.39 is 0 Å². The summed E-state index contributed by atoms with van der Waals surface area (Å²) in [5.74, 6) is -0.634. The topological polar surface area (TPSA) is 26.0 Å². The molecule has 2 N–H and O–H groups in total. The van der Waals surface area contributed by atoms with E-state index in [2.05, 4.69) is 0 Å². The highest BCUT2D eigenvalue weighted by molar-refractivity contribution is 5.37. The first kappa shape index (κ1) is 9.59. The summed E-state index contributed by atoms with van der Waals surface area (Å²) in [6.07, 6.45) is 1.56. The number of fused-ring (bicyclic) bond motifs is 1. The third kappa shape index (κ3) is 1.32. The predicted octanol–water partition coefficient (Wildman–Crippen LogP) is 2.86. The van der Waals surface area contributed by atoms with Crippen molar-refractivity contribution in [3.63, 3.8) is 0 Å². The summed E-state index contributed by atoms with van der Waals surface area (Å²) in [6.45, 7) is 1.91. The first-order chi connectivity index (χ1) is 6.61. The van der Waals surface area contributed by atoms with Gasteiger partial charge in [-0.25, -0.2) is 8.78 Å². The highest BCUT2D eigenvalue weighted by Crippen LogP contribution is 2.38. The van der Waals surface area contributed by atoms with Gasteiger partial charge in [-0.2, -0.15) is 0 Å². The second kappa shape index (κ2) is 3.31. The van der Waals surface area contributed by atoms with E-state index >= 15 is 0 Å². The standard InChI is InChI=1S/C11H13F2N/c1-6-2-5-9(14)11-8(13)4-3-7(12)10(6)11/h3-4,6,9H,2,5,14H2,1H3/t6?,9-/m1/s1. The molecule has 0 saturated heterocycles. The molecule has 14 heavy (non-hydrogen) atoms. The molecule has 1 aromatic rings. The lowest BCUT2D eigenvalue weighted by Gasteiger charge is -2.27. The third-order valence-corrected chi connectivity index (χ3v) is 2.96. The molecule has 0 heterocycles. The number of halogens is 2. The molecule has 0 fully saturated rings. The van der Waals surface area contributed by atoms with Crippen molar-refractivity contribution in [1.29, 1.82) is 0 Å². The van der Waals surface area contributed by atoms with Crippen molar-refractivity contribution in [3.8, 4) is 0 Å². The van der Waals surface area contributed by atoms with Gasteiger partial charge in [0, 0.05) is 11.6 Å². The SMILES string of the molecule is CC1CC[C@@H](N)c2c(F)ccc(F)c21. The minimum atomic E-state index is -0.375. The van der Waals surface area contributed by atoms with Crippen molar-refractivity contribution in [2.24, 2.45) is 5.73 Å². The summed E-state index contributed by atoms with van der Waals surface area (Å²) in [5, 5.41) is 0. The van der Waals surface area contributed by atoms with E-state index in [4.69, 9.17) is 5.73 Å². The van der Waals surface area contributed by atoms with E-state index in [-0.39, 0.29) is 23.6 Å². The molecule has 0 aliphatic heterocycles. The lowest BCUT2D eigenvalue weighted by molar-refractivity contribution is 0.456. The van der Waals surface area contributed by atoms with E-state index in [1.807, 2.05) is 6.92 Å². The molecule has 2 atom stereocenters. The Morgan fingerprint density at radius 3 is 2.29 bits per heavy atom. The Bertz CT molecular complexity index is 328. The van der Waals surface area contributed by atoms with Gasteiger partial charge in [0.15, 0.2) is 0 Å². The van der Waals surface area contributed by atoms with Crippen molar-refractivity contribution in [3.05, 3.63) is 34.9 Å². The summed E-state index contributed by atoms with van der Waals surface area (Å²) >= 11 is 0. The monoisotopic (exact) mass is 197 g/mol. The molecule has 76 valence electrons. The molecular formula is C11H13F2N. The van der Waals surface area contributed by atoms with Crippen LogP contribution in [0, 0.1) is 11.6 Å². The van der Waals surface area contributed by atoms with Crippen LogP contribution in [0.15, 0.2) is 12.1 Å². The van der Waals surface area contributed by atoms with Gasteiger partial charge in [0.05, 0.1) is 0 Å². The average Bonchev–Trinajstić information content (AvgIpc) is 2.16. The highest BCUT2D eigenvalue weighted by Gasteiger charge is 2.27. The molecule has 0 saturated carbocycles. The molecular weight excluding hydrogens is 184 g/mol. The van der Waals surface area contributed by atoms with Gasteiger partial charge in [-0.05, 0) is 36.5 Å². The van der Waals surface area contributed by atoms with Gasteiger partial charge in [-0.1, -0.05) is 6.92 Å². The maximum atomic E-state index is 13.5. The Hall–Kier alpha value is -0.960. The van der Waals surface area contributed by atoms with E-state index in [1.165, 1.54) is 6.07 Å². The molecule has 2 rings (SSSR count). The minimum absolute atomic E-state index is 0.0699. The lowest BCUT2D eigenvalue weighted by atomic mass is 9.81. The van der Waals surface area contributed by atoms with Crippen LogP contribution in [0.1, 0.15) is 42.9 Å². The quantitative estimate of drug-likeness (QED) is 0.680. The van der Waals surface area contributed by atoms with Gasteiger partial charge < -0.3 is 5.73 Å². The van der Waals surface area contributed by atoms with Crippen molar-refractivity contribution in [1.82, 2.24) is 0 Å². The predicted molar refractivity (Wildman–Crippen MR) is 50.9 cm³/mol. The highest BCUT2D eigenvalue weighted by atomic mass is 19.1. The van der Waals surface area contributed by atoms with Crippen molar-refractivity contribution in [2.45, 2.75) is 31.7 Å². The Kier molecular flexibility index (Phi) is 2.27. The molecule has 1 aromatic carbocycles. The van der Waals surface area contributed by atoms with Crippen molar-refractivity contribution >= 4 is 0 Å². The van der Waals surface area contributed by atoms with E-state index in [9.17, 15) is 8.78 Å². The van der Waals surface area contributed by atoms with E-state index in [0.29, 0.717) is 11.1 Å². The van der Waals surface area contributed by atoms with Crippen LogP contribution in [0.5, 0.6) is 0 Å². The van der Waals surface area contributed by atoms with Crippen LogP contribution in [0.3, 0.4) is 0 Å². The normalized spacial score (nSPS) is 26.0. The second-order valence-corrected chi connectivity index (χ2v) is 3.94. The van der Waals surface area contributed by atoms with Crippen LogP contribution in [-0.2, 0) is 0 Å². The van der Waals surface area contributed by atoms with Crippen molar-refractivity contribution in [2.75, 3.05) is 0 Å². The molecule has 1 nitrogen and oxygen atoms in total. The maximum Gasteiger partial charge on any atom is 0.128 e. The fourth-order valence-corrected chi connectivity index (χ4v) is 2.18. The van der Waals surface area contributed by atoms with Gasteiger partial charge in [0.2, 0.25) is 0 Å². The van der Waals surface area contributed by atoms with E-state index in [0.717, 1.165) is 18.9 Å². The van der Waals surface area contributed by atoms with Gasteiger partial charge in [0.1, 0.15) is 11.6 Å². The molecule has 1 aliphatic rings. The molecule has 0 spiro atoms. The first-order valence-electron chi connectivity index (χ1n) is 4.84. The van der Waals surface area contributed by atoms with E-state index in [1.54, 1.807) is 0 Å². The largest absolute Gasteiger partial charge is 0.324 e.